The van der Waals surface area contributed by atoms with Crippen LogP contribution < -0.4 is 5.56 Å². The molecule has 0 radical (unpaired) electrons. The van der Waals surface area contributed by atoms with E-state index in [2.05, 4.69) is 10.1 Å². The highest BCUT2D eigenvalue weighted by molar-refractivity contribution is 7.71. The Balaban J connectivity index is 1.70. The van der Waals surface area contributed by atoms with Crippen molar-refractivity contribution in [3.63, 3.8) is 0 Å². The molecule has 3 aromatic heterocycles. The zero-order valence-electron chi connectivity index (χ0n) is 14.4. The average molecular weight is 403 g/mol. The molecule has 0 aliphatic rings. The van der Waals surface area contributed by atoms with E-state index in [1.807, 2.05) is 64.5 Å². The van der Waals surface area contributed by atoms with Crippen LogP contribution in [0.4, 0.5) is 0 Å². The smallest absolute Gasteiger partial charge is 0.282 e. The first kappa shape index (κ1) is 16.8. The average Bonchev–Trinajstić information content (AvgIpc) is 3.30. The Labute approximate surface area is 168 Å². The summed E-state index contributed by atoms with van der Waals surface area (Å²) < 4.78 is 3.40. The number of aromatic nitrogens is 4. The third kappa shape index (κ3) is 2.70. The van der Waals surface area contributed by atoms with E-state index < -0.39 is 0 Å². The highest BCUT2D eigenvalue weighted by Gasteiger charge is 2.13. The molecule has 136 valence electrons. The molecule has 1 N–H and O–H groups in total. The van der Waals surface area contributed by atoms with Crippen molar-refractivity contribution in [3.8, 4) is 11.3 Å². The van der Waals surface area contributed by atoms with Crippen LogP contribution in [0.2, 0.25) is 0 Å². The summed E-state index contributed by atoms with van der Waals surface area (Å²) in [7, 11) is 0. The monoisotopic (exact) mass is 403 g/mol. The third-order valence-electron chi connectivity index (χ3n) is 4.43. The maximum Gasteiger partial charge on any atom is 0.282 e. The molecule has 3 heterocycles. The highest BCUT2D eigenvalue weighted by atomic mass is 32.1. The number of aromatic amines is 1. The molecule has 0 aliphatic carbocycles. The fraction of sp³-hybridized carbons (Fsp3) is 0. The topological polar surface area (TPSA) is 67.5 Å². The molecule has 0 aliphatic heterocycles. The number of benzene rings is 2. The molecule has 28 heavy (non-hydrogen) atoms. The molecule has 0 saturated heterocycles. The second-order valence-corrected chi connectivity index (χ2v) is 7.36. The number of rotatable bonds is 3. The zero-order chi connectivity index (χ0) is 19.1. The number of para-hydroxylation sites is 1. The Morgan fingerprint density at radius 3 is 2.75 bits per heavy atom. The molecule has 6 nitrogen and oxygen atoms in total. The van der Waals surface area contributed by atoms with Gasteiger partial charge in [-0.15, -0.1) is 11.3 Å². The van der Waals surface area contributed by atoms with Crippen LogP contribution in [0.25, 0.3) is 27.1 Å². The molecular formula is C20H13N5OS2. The maximum atomic E-state index is 12.8. The van der Waals surface area contributed by atoms with Crippen molar-refractivity contribution in [1.29, 1.82) is 0 Å². The molecule has 0 bridgehead atoms. The lowest BCUT2D eigenvalue weighted by molar-refractivity contribution is 0.799. The van der Waals surface area contributed by atoms with Crippen molar-refractivity contribution >= 4 is 45.6 Å². The molecule has 0 amide bonds. The van der Waals surface area contributed by atoms with Gasteiger partial charge in [-0.1, -0.05) is 42.5 Å². The lowest BCUT2D eigenvalue weighted by Gasteiger charge is -2.03. The van der Waals surface area contributed by atoms with Gasteiger partial charge >= 0.3 is 0 Å². The van der Waals surface area contributed by atoms with Gasteiger partial charge in [-0.2, -0.15) is 9.78 Å². The first-order valence-corrected chi connectivity index (χ1v) is 9.80. The number of hydrogen-bond acceptors (Lipinski definition) is 5. The summed E-state index contributed by atoms with van der Waals surface area (Å²) in [6.07, 6.45) is 3.57. The van der Waals surface area contributed by atoms with E-state index in [1.54, 1.807) is 23.6 Å². The second kappa shape index (κ2) is 6.66. The minimum atomic E-state index is -0.261. The van der Waals surface area contributed by atoms with Gasteiger partial charge < -0.3 is 4.98 Å². The molecular weight excluding hydrogens is 390 g/mol. The van der Waals surface area contributed by atoms with E-state index in [9.17, 15) is 4.79 Å². The standard InChI is InChI=1S/C20H13N5OS2/c26-18-14-8-4-5-9-15(14)22-19(27)25(18)21-12-16-17(13-6-2-1-3-7-13)23-20-24(16)10-11-28-20/h1-12H,(H,22,27)/b21-12+. The van der Waals surface area contributed by atoms with Crippen molar-refractivity contribution in [2.75, 3.05) is 0 Å². The van der Waals surface area contributed by atoms with Crippen molar-refractivity contribution in [2.45, 2.75) is 0 Å². The lowest BCUT2D eigenvalue weighted by Crippen LogP contribution is -2.18. The molecule has 8 heteroatoms. The highest BCUT2D eigenvalue weighted by Crippen LogP contribution is 2.25. The summed E-state index contributed by atoms with van der Waals surface area (Å²) in [6, 6.07) is 17.1. The summed E-state index contributed by atoms with van der Waals surface area (Å²) in [4.78, 5) is 21.4. The molecule has 5 aromatic rings. The zero-order valence-corrected chi connectivity index (χ0v) is 16.1. The maximum absolute atomic E-state index is 12.8. The van der Waals surface area contributed by atoms with Gasteiger partial charge in [0.15, 0.2) is 4.96 Å². The van der Waals surface area contributed by atoms with Gasteiger partial charge in [-0.05, 0) is 24.4 Å². The van der Waals surface area contributed by atoms with Gasteiger partial charge in [0.2, 0.25) is 4.77 Å². The van der Waals surface area contributed by atoms with Crippen LogP contribution in [-0.4, -0.2) is 25.3 Å². The fourth-order valence-corrected chi connectivity index (χ4v) is 4.07. The molecule has 0 saturated carbocycles. The van der Waals surface area contributed by atoms with Crippen molar-refractivity contribution in [1.82, 2.24) is 19.0 Å². The van der Waals surface area contributed by atoms with Crippen LogP contribution in [0, 0.1) is 4.77 Å². The number of imidazole rings is 1. The normalized spacial score (nSPS) is 11.7. The van der Waals surface area contributed by atoms with E-state index >= 15 is 0 Å². The first-order chi connectivity index (χ1) is 13.7. The minimum Gasteiger partial charge on any atom is -0.330 e. The van der Waals surface area contributed by atoms with Crippen molar-refractivity contribution in [2.24, 2.45) is 5.10 Å². The number of nitrogens with one attached hydrogen (secondary N) is 1. The Hall–Kier alpha value is -3.36. The summed E-state index contributed by atoms with van der Waals surface area (Å²) in [5, 5.41) is 6.90. The van der Waals surface area contributed by atoms with Crippen LogP contribution in [0.15, 0.2) is 76.1 Å². The van der Waals surface area contributed by atoms with Gasteiger partial charge in [-0.3, -0.25) is 9.20 Å². The van der Waals surface area contributed by atoms with Crippen LogP contribution in [0.1, 0.15) is 5.69 Å². The van der Waals surface area contributed by atoms with E-state index in [4.69, 9.17) is 17.2 Å². The summed E-state index contributed by atoms with van der Waals surface area (Å²) in [5.74, 6) is 0. The third-order valence-corrected chi connectivity index (χ3v) is 5.46. The largest absolute Gasteiger partial charge is 0.330 e. The van der Waals surface area contributed by atoms with Crippen LogP contribution >= 0.6 is 23.6 Å². The van der Waals surface area contributed by atoms with Crippen molar-refractivity contribution in [3.05, 3.63) is 87.0 Å². The van der Waals surface area contributed by atoms with Crippen LogP contribution in [0.5, 0.6) is 0 Å². The van der Waals surface area contributed by atoms with Gasteiger partial charge in [-0.25, -0.2) is 4.98 Å². The molecule has 0 atom stereocenters. The number of thiazole rings is 1. The predicted molar refractivity (Wildman–Crippen MR) is 115 cm³/mol. The number of fused-ring (bicyclic) bond motifs is 2. The van der Waals surface area contributed by atoms with E-state index in [0.29, 0.717) is 10.9 Å². The SMILES string of the molecule is O=c1c2ccccc2[nH]c(=S)n1/N=C/c1c(-c2ccccc2)nc2sccn12. The van der Waals surface area contributed by atoms with Gasteiger partial charge in [0, 0.05) is 17.1 Å². The Bertz CT molecular complexity index is 1460. The van der Waals surface area contributed by atoms with E-state index in [-0.39, 0.29) is 10.3 Å². The van der Waals surface area contributed by atoms with E-state index in [1.165, 1.54) is 4.68 Å². The Kier molecular flexibility index (Phi) is 4.00. The van der Waals surface area contributed by atoms with Gasteiger partial charge in [0.05, 0.1) is 28.5 Å². The molecule has 5 rings (SSSR count). The summed E-state index contributed by atoms with van der Waals surface area (Å²) in [6.45, 7) is 0. The second-order valence-electron chi connectivity index (χ2n) is 6.10. The van der Waals surface area contributed by atoms with Crippen LogP contribution in [-0.2, 0) is 0 Å². The number of nitrogens with zero attached hydrogens (tertiary/aromatic N) is 4. The quantitative estimate of drug-likeness (QED) is 0.360. The Morgan fingerprint density at radius 2 is 1.89 bits per heavy atom. The fourth-order valence-electron chi connectivity index (χ4n) is 3.11. The predicted octanol–water partition coefficient (Wildman–Crippen LogP) is 4.32. The lowest BCUT2D eigenvalue weighted by atomic mass is 10.1. The number of H-pyrrole nitrogens is 1. The van der Waals surface area contributed by atoms with Gasteiger partial charge in [0.25, 0.3) is 5.56 Å². The van der Waals surface area contributed by atoms with E-state index in [0.717, 1.165) is 21.9 Å². The molecule has 2 aromatic carbocycles. The van der Waals surface area contributed by atoms with Crippen LogP contribution in [0.3, 0.4) is 0 Å². The number of hydrogen-bond donors (Lipinski definition) is 1. The molecule has 0 unspecified atom stereocenters. The molecule has 0 spiro atoms. The Morgan fingerprint density at radius 1 is 1.11 bits per heavy atom. The summed E-state index contributed by atoms with van der Waals surface area (Å²) in [5.41, 5.74) is 3.01. The summed E-state index contributed by atoms with van der Waals surface area (Å²) >= 11 is 6.88. The van der Waals surface area contributed by atoms with Gasteiger partial charge in [0.1, 0.15) is 0 Å². The first-order valence-electron chi connectivity index (χ1n) is 8.52. The van der Waals surface area contributed by atoms with Crippen molar-refractivity contribution < 1.29 is 0 Å². The minimum absolute atomic E-state index is 0.243. The molecule has 0 fully saturated rings.